The number of methoxy groups -OCH3 is 1. The lowest BCUT2D eigenvalue weighted by Gasteiger charge is -2.12. The van der Waals surface area contributed by atoms with Crippen LogP contribution in [0.15, 0.2) is 18.2 Å². The molecule has 2 rings (SSSR count). The molecule has 1 aromatic heterocycles. The summed E-state index contributed by atoms with van der Waals surface area (Å²) in [6.07, 6.45) is 0. The van der Waals surface area contributed by atoms with Crippen molar-refractivity contribution in [3.63, 3.8) is 0 Å². The molecule has 19 heavy (non-hydrogen) atoms. The van der Waals surface area contributed by atoms with Crippen LogP contribution in [-0.4, -0.2) is 17.0 Å². The number of rotatable bonds is 3. The van der Waals surface area contributed by atoms with E-state index in [1.54, 1.807) is 0 Å². The molecule has 0 aliphatic carbocycles. The molecule has 100 valence electrons. The van der Waals surface area contributed by atoms with E-state index in [-0.39, 0.29) is 11.6 Å². The maximum absolute atomic E-state index is 10.9. The number of anilines is 1. The quantitative estimate of drug-likeness (QED) is 0.677. The third kappa shape index (κ3) is 2.29. The van der Waals surface area contributed by atoms with Crippen molar-refractivity contribution in [2.75, 3.05) is 12.8 Å². The number of hydrogen-bond donors (Lipinski definition) is 1. The highest BCUT2D eigenvalue weighted by Crippen LogP contribution is 2.33. The highest BCUT2D eigenvalue weighted by Gasteiger charge is 2.16. The molecular weight excluding hydrogens is 246 g/mol. The second-order valence-electron chi connectivity index (χ2n) is 4.59. The van der Waals surface area contributed by atoms with Gasteiger partial charge in [-0.3, -0.25) is 10.1 Å². The number of nitro groups is 1. The van der Waals surface area contributed by atoms with Gasteiger partial charge in [0.1, 0.15) is 11.3 Å². The van der Waals surface area contributed by atoms with Crippen LogP contribution in [0, 0.1) is 10.1 Å². The van der Waals surface area contributed by atoms with E-state index in [9.17, 15) is 10.1 Å². The number of hydrogen-bond acceptors (Lipinski definition) is 5. The van der Waals surface area contributed by atoms with Crippen molar-refractivity contribution in [2.45, 2.75) is 19.8 Å². The highest BCUT2D eigenvalue weighted by atomic mass is 16.6. The predicted octanol–water partition coefficient (Wildman–Crippen LogP) is 2.86. The van der Waals surface area contributed by atoms with Gasteiger partial charge in [0.25, 0.3) is 5.69 Å². The Kier molecular flexibility index (Phi) is 3.25. The lowest BCUT2D eigenvalue weighted by molar-refractivity contribution is -0.384. The van der Waals surface area contributed by atoms with E-state index in [0.29, 0.717) is 22.5 Å². The van der Waals surface area contributed by atoms with Crippen molar-refractivity contribution in [3.05, 3.63) is 33.9 Å². The van der Waals surface area contributed by atoms with Gasteiger partial charge in [0, 0.05) is 11.5 Å². The SMILES string of the molecule is COc1cc([N+](=O)[O-])cc2cc(C(C)C)c(N)nc12. The van der Waals surface area contributed by atoms with Crippen LogP contribution in [-0.2, 0) is 0 Å². The van der Waals surface area contributed by atoms with Crippen molar-refractivity contribution in [1.29, 1.82) is 0 Å². The van der Waals surface area contributed by atoms with E-state index >= 15 is 0 Å². The Labute approximate surface area is 110 Å². The molecule has 2 aromatic rings. The fraction of sp³-hybridized carbons (Fsp3) is 0.308. The van der Waals surface area contributed by atoms with Crippen LogP contribution < -0.4 is 10.5 Å². The maximum atomic E-state index is 10.9. The van der Waals surface area contributed by atoms with Crippen LogP contribution in [0.1, 0.15) is 25.3 Å². The molecule has 0 saturated carbocycles. The van der Waals surface area contributed by atoms with Crippen LogP contribution >= 0.6 is 0 Å². The predicted molar refractivity (Wildman–Crippen MR) is 73.5 cm³/mol. The lowest BCUT2D eigenvalue weighted by Crippen LogP contribution is -2.01. The molecule has 0 bridgehead atoms. The van der Waals surface area contributed by atoms with E-state index in [2.05, 4.69) is 4.98 Å². The van der Waals surface area contributed by atoms with Crippen LogP contribution in [0.5, 0.6) is 5.75 Å². The van der Waals surface area contributed by atoms with Gasteiger partial charge in [0.05, 0.1) is 18.1 Å². The third-order valence-corrected chi connectivity index (χ3v) is 2.98. The standard InChI is InChI=1S/C13H15N3O3/c1-7(2)10-5-8-4-9(16(17)18)6-11(19-3)12(8)15-13(10)14/h4-7H,1-3H3,(H2,14,15). The molecule has 0 spiro atoms. The summed E-state index contributed by atoms with van der Waals surface area (Å²) in [5.74, 6) is 0.975. The number of aromatic nitrogens is 1. The molecule has 0 unspecified atom stereocenters. The molecule has 0 saturated heterocycles. The summed E-state index contributed by atoms with van der Waals surface area (Å²) in [7, 11) is 1.45. The average Bonchev–Trinajstić information content (AvgIpc) is 2.36. The topological polar surface area (TPSA) is 91.3 Å². The van der Waals surface area contributed by atoms with Gasteiger partial charge in [-0.1, -0.05) is 13.8 Å². The minimum absolute atomic E-state index is 0.0226. The summed E-state index contributed by atoms with van der Waals surface area (Å²) in [6.45, 7) is 3.99. The molecule has 0 aliphatic heterocycles. The first-order valence-corrected chi connectivity index (χ1v) is 5.86. The number of nitrogen functional groups attached to an aromatic ring is 1. The molecule has 0 atom stereocenters. The molecular formula is C13H15N3O3. The normalized spacial score (nSPS) is 10.9. The second-order valence-corrected chi connectivity index (χ2v) is 4.59. The summed E-state index contributed by atoms with van der Waals surface area (Å²) < 4.78 is 5.15. The molecule has 2 N–H and O–H groups in total. The van der Waals surface area contributed by atoms with Gasteiger partial charge < -0.3 is 10.5 Å². The number of benzene rings is 1. The second kappa shape index (κ2) is 4.72. The zero-order chi connectivity index (χ0) is 14.2. The van der Waals surface area contributed by atoms with E-state index in [1.807, 2.05) is 19.9 Å². The fourth-order valence-corrected chi connectivity index (χ4v) is 1.99. The maximum Gasteiger partial charge on any atom is 0.273 e. The summed E-state index contributed by atoms with van der Waals surface area (Å²) >= 11 is 0. The van der Waals surface area contributed by atoms with Crippen LogP contribution in [0.2, 0.25) is 0 Å². The van der Waals surface area contributed by atoms with Gasteiger partial charge in [-0.2, -0.15) is 0 Å². The van der Waals surface area contributed by atoms with Gasteiger partial charge in [-0.05, 0) is 17.5 Å². The Balaban J connectivity index is 2.79. The average molecular weight is 261 g/mol. The lowest BCUT2D eigenvalue weighted by atomic mass is 10.0. The summed E-state index contributed by atoms with van der Waals surface area (Å²) in [4.78, 5) is 14.8. The van der Waals surface area contributed by atoms with Gasteiger partial charge >= 0.3 is 0 Å². The van der Waals surface area contributed by atoms with E-state index in [4.69, 9.17) is 10.5 Å². The molecule has 1 heterocycles. The first-order chi connectivity index (χ1) is 8.93. The molecule has 0 amide bonds. The van der Waals surface area contributed by atoms with Crippen molar-refractivity contribution < 1.29 is 9.66 Å². The number of pyridine rings is 1. The first-order valence-electron chi connectivity index (χ1n) is 5.86. The Morgan fingerprint density at radius 2 is 2.05 bits per heavy atom. The van der Waals surface area contributed by atoms with E-state index < -0.39 is 4.92 Å². The molecule has 0 fully saturated rings. The monoisotopic (exact) mass is 261 g/mol. The Morgan fingerprint density at radius 3 is 2.58 bits per heavy atom. The van der Waals surface area contributed by atoms with Crippen molar-refractivity contribution in [1.82, 2.24) is 4.98 Å². The smallest absolute Gasteiger partial charge is 0.273 e. The Bertz CT molecular complexity index is 653. The molecule has 6 heteroatoms. The van der Waals surface area contributed by atoms with Gasteiger partial charge in [-0.25, -0.2) is 4.98 Å². The number of ether oxygens (including phenoxy) is 1. The van der Waals surface area contributed by atoms with E-state index in [0.717, 1.165) is 5.56 Å². The molecule has 0 aliphatic rings. The summed E-state index contributed by atoms with van der Waals surface area (Å²) in [5.41, 5.74) is 7.29. The number of nitrogens with two attached hydrogens (primary N) is 1. The van der Waals surface area contributed by atoms with Crippen LogP contribution in [0.4, 0.5) is 11.5 Å². The third-order valence-electron chi connectivity index (χ3n) is 2.98. The fourth-order valence-electron chi connectivity index (χ4n) is 1.99. The van der Waals surface area contributed by atoms with Crippen molar-refractivity contribution in [3.8, 4) is 5.75 Å². The van der Waals surface area contributed by atoms with Crippen LogP contribution in [0.25, 0.3) is 10.9 Å². The van der Waals surface area contributed by atoms with Crippen molar-refractivity contribution in [2.24, 2.45) is 0 Å². The number of nitrogens with zero attached hydrogens (tertiary/aromatic N) is 2. The van der Waals surface area contributed by atoms with Gasteiger partial charge in [0.2, 0.25) is 0 Å². The number of fused-ring (bicyclic) bond motifs is 1. The number of nitro benzene ring substituents is 1. The molecule has 6 nitrogen and oxygen atoms in total. The van der Waals surface area contributed by atoms with Crippen molar-refractivity contribution >= 4 is 22.4 Å². The van der Waals surface area contributed by atoms with Gasteiger partial charge in [-0.15, -0.1) is 0 Å². The summed E-state index contributed by atoms with van der Waals surface area (Å²) in [6, 6.07) is 4.66. The molecule has 0 radical (unpaired) electrons. The first kappa shape index (κ1) is 13.1. The summed E-state index contributed by atoms with van der Waals surface area (Å²) in [5, 5.41) is 11.6. The van der Waals surface area contributed by atoms with Crippen LogP contribution in [0.3, 0.4) is 0 Å². The zero-order valence-electron chi connectivity index (χ0n) is 11.0. The Hall–Kier alpha value is -2.37. The van der Waals surface area contributed by atoms with E-state index in [1.165, 1.54) is 19.2 Å². The largest absolute Gasteiger partial charge is 0.494 e. The minimum atomic E-state index is -0.451. The van der Waals surface area contributed by atoms with Gasteiger partial charge in [0.15, 0.2) is 5.75 Å². The zero-order valence-corrected chi connectivity index (χ0v) is 11.0. The number of non-ortho nitro benzene ring substituents is 1. The molecule has 1 aromatic carbocycles. The highest BCUT2D eigenvalue weighted by molar-refractivity contribution is 5.89. The minimum Gasteiger partial charge on any atom is -0.494 e. The Morgan fingerprint density at radius 1 is 1.37 bits per heavy atom.